The molecular weight excluding hydrogens is 295 g/mol. The van der Waals surface area contributed by atoms with Gasteiger partial charge in [0, 0.05) is 10.4 Å². The van der Waals surface area contributed by atoms with Gasteiger partial charge in [-0.3, -0.25) is 0 Å². The highest BCUT2D eigenvalue weighted by molar-refractivity contribution is 9.09. The van der Waals surface area contributed by atoms with Gasteiger partial charge in [0.1, 0.15) is 11.6 Å². The van der Waals surface area contributed by atoms with Crippen LogP contribution < -0.4 is 4.74 Å². The normalized spacial score (nSPS) is 12.2. The van der Waals surface area contributed by atoms with Crippen molar-refractivity contribution in [2.75, 3.05) is 7.11 Å². The fourth-order valence-electron chi connectivity index (χ4n) is 1.89. The number of hydrogen-bond donors (Lipinski definition) is 0. The van der Waals surface area contributed by atoms with Crippen molar-refractivity contribution in [1.29, 1.82) is 0 Å². The van der Waals surface area contributed by atoms with Crippen LogP contribution in [-0.2, 0) is 6.42 Å². The lowest BCUT2D eigenvalue weighted by molar-refractivity contribution is 0.409. The van der Waals surface area contributed by atoms with Crippen molar-refractivity contribution in [3.05, 3.63) is 65.5 Å². The summed E-state index contributed by atoms with van der Waals surface area (Å²) in [4.78, 5) is 0.0329. The van der Waals surface area contributed by atoms with E-state index in [0.29, 0.717) is 12.0 Å². The highest BCUT2D eigenvalue weighted by Crippen LogP contribution is 2.33. The SMILES string of the molecule is COc1ccccc1C(Br)Cc1ccccc1F. The Morgan fingerprint density at radius 2 is 1.78 bits per heavy atom. The number of methoxy groups -OCH3 is 1. The molecule has 18 heavy (non-hydrogen) atoms. The molecule has 2 aromatic carbocycles. The van der Waals surface area contributed by atoms with Crippen molar-refractivity contribution in [2.45, 2.75) is 11.2 Å². The van der Waals surface area contributed by atoms with Gasteiger partial charge in [0.2, 0.25) is 0 Å². The third-order valence-electron chi connectivity index (χ3n) is 2.83. The highest BCUT2D eigenvalue weighted by Gasteiger charge is 2.14. The predicted octanol–water partition coefficient (Wildman–Crippen LogP) is 4.51. The molecule has 0 aromatic heterocycles. The number of halogens is 2. The lowest BCUT2D eigenvalue weighted by atomic mass is 10.0. The Hall–Kier alpha value is -1.35. The largest absolute Gasteiger partial charge is 0.496 e. The summed E-state index contributed by atoms with van der Waals surface area (Å²) in [5, 5.41) is 0. The van der Waals surface area contributed by atoms with Gasteiger partial charge in [-0.05, 0) is 24.1 Å². The van der Waals surface area contributed by atoms with E-state index in [1.54, 1.807) is 19.2 Å². The lowest BCUT2D eigenvalue weighted by Gasteiger charge is -2.14. The van der Waals surface area contributed by atoms with Crippen LogP contribution in [-0.4, -0.2) is 7.11 Å². The first-order valence-electron chi connectivity index (χ1n) is 5.72. The maximum Gasteiger partial charge on any atom is 0.126 e. The Kier molecular flexibility index (Phi) is 4.37. The number of benzene rings is 2. The summed E-state index contributed by atoms with van der Waals surface area (Å²) in [7, 11) is 1.64. The van der Waals surface area contributed by atoms with E-state index in [4.69, 9.17) is 4.74 Å². The molecule has 3 heteroatoms. The molecule has 0 aliphatic rings. The highest BCUT2D eigenvalue weighted by atomic mass is 79.9. The summed E-state index contributed by atoms with van der Waals surface area (Å²) in [6, 6.07) is 14.6. The van der Waals surface area contributed by atoms with Crippen LogP contribution in [0.1, 0.15) is 16.0 Å². The molecule has 0 aliphatic heterocycles. The van der Waals surface area contributed by atoms with E-state index >= 15 is 0 Å². The quantitative estimate of drug-likeness (QED) is 0.755. The summed E-state index contributed by atoms with van der Waals surface area (Å²) in [5.74, 6) is 0.646. The minimum atomic E-state index is -0.170. The second-order valence-corrected chi connectivity index (χ2v) is 5.11. The Morgan fingerprint density at radius 1 is 1.11 bits per heavy atom. The van der Waals surface area contributed by atoms with Crippen LogP contribution >= 0.6 is 15.9 Å². The zero-order chi connectivity index (χ0) is 13.0. The summed E-state index contributed by atoms with van der Waals surface area (Å²) < 4.78 is 18.9. The van der Waals surface area contributed by atoms with Gasteiger partial charge in [-0.25, -0.2) is 4.39 Å². The molecule has 2 rings (SSSR count). The van der Waals surface area contributed by atoms with E-state index < -0.39 is 0 Å². The molecule has 0 bridgehead atoms. The van der Waals surface area contributed by atoms with Gasteiger partial charge in [-0.2, -0.15) is 0 Å². The molecule has 94 valence electrons. The Balaban J connectivity index is 2.22. The number of alkyl halides is 1. The summed E-state index contributed by atoms with van der Waals surface area (Å²) in [5.41, 5.74) is 1.73. The maximum atomic E-state index is 13.6. The van der Waals surface area contributed by atoms with Gasteiger partial charge >= 0.3 is 0 Å². The van der Waals surface area contributed by atoms with Crippen LogP contribution in [0.4, 0.5) is 4.39 Å². The molecule has 1 nitrogen and oxygen atoms in total. The van der Waals surface area contributed by atoms with E-state index in [2.05, 4.69) is 15.9 Å². The lowest BCUT2D eigenvalue weighted by Crippen LogP contribution is -2.00. The second-order valence-electron chi connectivity index (χ2n) is 4.01. The van der Waals surface area contributed by atoms with E-state index in [1.807, 2.05) is 30.3 Å². The van der Waals surface area contributed by atoms with Gasteiger partial charge in [0.15, 0.2) is 0 Å². The molecule has 1 atom stereocenters. The molecule has 0 heterocycles. The average Bonchev–Trinajstić information content (AvgIpc) is 2.41. The molecule has 0 amide bonds. The number of para-hydroxylation sites is 1. The van der Waals surface area contributed by atoms with Crippen molar-refractivity contribution in [2.24, 2.45) is 0 Å². The zero-order valence-corrected chi connectivity index (χ0v) is 11.7. The van der Waals surface area contributed by atoms with Gasteiger partial charge < -0.3 is 4.74 Å². The minimum Gasteiger partial charge on any atom is -0.496 e. The molecule has 1 unspecified atom stereocenters. The van der Waals surface area contributed by atoms with Crippen LogP contribution in [0.15, 0.2) is 48.5 Å². The minimum absolute atomic E-state index is 0.0329. The van der Waals surface area contributed by atoms with Crippen molar-refractivity contribution >= 4 is 15.9 Å². The number of ether oxygens (including phenoxy) is 1. The summed E-state index contributed by atoms with van der Waals surface area (Å²) in [6.45, 7) is 0. The topological polar surface area (TPSA) is 9.23 Å². The third-order valence-corrected chi connectivity index (χ3v) is 3.65. The average molecular weight is 309 g/mol. The molecule has 0 radical (unpaired) electrons. The predicted molar refractivity (Wildman–Crippen MR) is 74.8 cm³/mol. The molecule has 0 saturated carbocycles. The Morgan fingerprint density at radius 3 is 2.50 bits per heavy atom. The zero-order valence-electron chi connectivity index (χ0n) is 10.1. The van der Waals surface area contributed by atoms with E-state index in [0.717, 1.165) is 11.3 Å². The molecule has 2 aromatic rings. The Labute approximate surface area is 115 Å². The van der Waals surface area contributed by atoms with Crippen LogP contribution in [0.2, 0.25) is 0 Å². The first-order chi connectivity index (χ1) is 8.72. The first kappa shape index (κ1) is 13.1. The van der Waals surface area contributed by atoms with Crippen LogP contribution in [0.25, 0.3) is 0 Å². The summed E-state index contributed by atoms with van der Waals surface area (Å²) in [6.07, 6.45) is 0.590. The molecule has 0 spiro atoms. The fourth-order valence-corrected chi connectivity index (χ4v) is 2.62. The monoisotopic (exact) mass is 308 g/mol. The van der Waals surface area contributed by atoms with Crippen molar-refractivity contribution in [1.82, 2.24) is 0 Å². The molecular formula is C15H14BrFO. The van der Waals surface area contributed by atoms with Gasteiger partial charge in [-0.15, -0.1) is 0 Å². The van der Waals surface area contributed by atoms with Crippen LogP contribution in [0.5, 0.6) is 5.75 Å². The smallest absolute Gasteiger partial charge is 0.126 e. The third kappa shape index (κ3) is 2.91. The molecule has 0 saturated heterocycles. The van der Waals surface area contributed by atoms with Gasteiger partial charge in [0.25, 0.3) is 0 Å². The maximum absolute atomic E-state index is 13.6. The number of rotatable bonds is 4. The molecule has 0 fully saturated rings. The Bertz CT molecular complexity index is 527. The van der Waals surface area contributed by atoms with E-state index in [-0.39, 0.29) is 10.6 Å². The molecule has 0 N–H and O–H groups in total. The van der Waals surface area contributed by atoms with Crippen LogP contribution in [0.3, 0.4) is 0 Å². The van der Waals surface area contributed by atoms with Gasteiger partial charge in [-0.1, -0.05) is 52.3 Å². The summed E-state index contributed by atoms with van der Waals surface area (Å²) >= 11 is 3.60. The fraction of sp³-hybridized carbons (Fsp3) is 0.200. The van der Waals surface area contributed by atoms with Crippen molar-refractivity contribution < 1.29 is 9.13 Å². The second kappa shape index (κ2) is 6.01. The van der Waals surface area contributed by atoms with Crippen molar-refractivity contribution in [3.63, 3.8) is 0 Å². The van der Waals surface area contributed by atoms with E-state index in [9.17, 15) is 4.39 Å². The van der Waals surface area contributed by atoms with Gasteiger partial charge in [0.05, 0.1) is 7.11 Å². The number of hydrogen-bond acceptors (Lipinski definition) is 1. The first-order valence-corrected chi connectivity index (χ1v) is 6.64. The van der Waals surface area contributed by atoms with Crippen molar-refractivity contribution in [3.8, 4) is 5.75 Å². The molecule has 0 aliphatic carbocycles. The standard InChI is InChI=1S/C15H14BrFO/c1-18-15-9-5-3-7-12(15)13(16)10-11-6-2-4-8-14(11)17/h2-9,13H,10H2,1H3. The van der Waals surface area contributed by atoms with E-state index in [1.165, 1.54) is 6.07 Å². The van der Waals surface area contributed by atoms with Crippen LogP contribution in [0, 0.1) is 5.82 Å².